The number of allylic oxidation sites excluding steroid dienone is 3. The van der Waals surface area contributed by atoms with Crippen LogP contribution in [0.5, 0.6) is 0 Å². The molecule has 0 aliphatic rings. The second kappa shape index (κ2) is 19.6. The Labute approximate surface area is 394 Å². The zero-order valence-corrected chi connectivity index (χ0v) is 37.6. The maximum atomic E-state index is 3.46. The normalized spacial score (nSPS) is 11.1. The van der Waals surface area contributed by atoms with E-state index in [2.05, 4.69) is 271 Å². The lowest BCUT2D eigenvalue weighted by Crippen LogP contribution is -2.09. The molecule has 2 nitrogen and oxygen atoms in total. The van der Waals surface area contributed by atoms with Crippen molar-refractivity contribution in [3.8, 4) is 61.3 Å². The second-order valence-electron chi connectivity index (χ2n) is 16.5. The first-order chi connectivity index (χ1) is 33.1. The third kappa shape index (κ3) is 9.02. The van der Waals surface area contributed by atoms with Crippen LogP contribution in [-0.4, -0.2) is 4.57 Å². The Morgan fingerprint density at radius 1 is 0.328 bits per heavy atom. The molecule has 0 fully saturated rings. The summed E-state index contributed by atoms with van der Waals surface area (Å²) in [6, 6.07) is 91.8. The van der Waals surface area contributed by atoms with Gasteiger partial charge in [0.05, 0.1) is 11.0 Å². The third-order valence-electron chi connectivity index (χ3n) is 12.4. The fraction of sp³-hybridized carbons (Fsp3) is 0.0154. The molecule has 0 spiro atoms. The number of nitrogens with zero attached hydrogens (tertiary/aromatic N) is 2. The molecule has 1 aromatic heterocycles. The molecule has 0 aliphatic heterocycles. The van der Waals surface area contributed by atoms with Crippen molar-refractivity contribution < 1.29 is 0 Å². The van der Waals surface area contributed by atoms with Crippen LogP contribution in [0.25, 0.3) is 83.1 Å². The molecule has 2 heteroatoms. The summed E-state index contributed by atoms with van der Waals surface area (Å²) in [4.78, 5) is 2.31. The van der Waals surface area contributed by atoms with Crippen LogP contribution in [0.3, 0.4) is 0 Å². The third-order valence-corrected chi connectivity index (χ3v) is 12.4. The first-order valence-electron chi connectivity index (χ1n) is 22.9. The Morgan fingerprint density at radius 2 is 0.672 bits per heavy atom. The van der Waals surface area contributed by atoms with Crippen LogP contribution in [0.2, 0.25) is 0 Å². The quantitative estimate of drug-likeness (QED) is 0.124. The van der Waals surface area contributed by atoms with E-state index < -0.39 is 0 Å². The largest absolute Gasteiger partial charge is 0.311 e. The molecule has 0 N–H and O–H groups in total. The van der Waals surface area contributed by atoms with Gasteiger partial charge in [0.15, 0.2) is 0 Å². The van der Waals surface area contributed by atoms with Crippen LogP contribution in [0.15, 0.2) is 280 Å². The molecular weight excluding hydrogens is 809 g/mol. The lowest BCUT2D eigenvalue weighted by Gasteiger charge is -2.26. The minimum atomic E-state index is 1.11. The van der Waals surface area contributed by atoms with Crippen molar-refractivity contribution in [2.45, 2.75) is 6.92 Å². The van der Waals surface area contributed by atoms with Gasteiger partial charge in [0.25, 0.3) is 0 Å². The molecule has 0 aliphatic carbocycles. The Balaban J connectivity index is 0.000000999. The van der Waals surface area contributed by atoms with Crippen molar-refractivity contribution >= 4 is 38.9 Å². The number of hydrogen-bond acceptors (Lipinski definition) is 1. The van der Waals surface area contributed by atoms with Gasteiger partial charge in [-0.2, -0.15) is 0 Å². The maximum absolute atomic E-state index is 3.46. The van der Waals surface area contributed by atoms with E-state index in [1.807, 2.05) is 19.1 Å². The highest BCUT2D eigenvalue weighted by Gasteiger charge is 2.15. The van der Waals surface area contributed by atoms with Crippen molar-refractivity contribution in [3.05, 3.63) is 280 Å². The van der Waals surface area contributed by atoms with Gasteiger partial charge in [0.2, 0.25) is 0 Å². The predicted molar refractivity (Wildman–Crippen MR) is 288 cm³/mol. The molecule has 0 bridgehead atoms. The number of aromatic nitrogens is 1. The van der Waals surface area contributed by atoms with E-state index in [9.17, 15) is 0 Å². The highest BCUT2D eigenvalue weighted by Crippen LogP contribution is 2.38. The van der Waals surface area contributed by atoms with Gasteiger partial charge in [-0.1, -0.05) is 213 Å². The summed E-state index contributed by atoms with van der Waals surface area (Å²) >= 11 is 0. The summed E-state index contributed by atoms with van der Waals surface area (Å²) in [6.07, 6.45) is 5.58. The molecule has 0 amide bonds. The number of benzene rings is 10. The Morgan fingerprint density at radius 3 is 1.12 bits per heavy atom. The van der Waals surface area contributed by atoms with Crippen molar-refractivity contribution in [2.75, 3.05) is 4.90 Å². The Bertz CT molecular complexity index is 3400. The monoisotopic (exact) mass is 858 g/mol. The fourth-order valence-corrected chi connectivity index (χ4v) is 8.97. The summed E-state index contributed by atoms with van der Waals surface area (Å²) < 4.78 is 2.36. The lowest BCUT2D eigenvalue weighted by molar-refractivity contribution is 1.18. The van der Waals surface area contributed by atoms with Crippen LogP contribution >= 0.6 is 0 Å². The van der Waals surface area contributed by atoms with Gasteiger partial charge >= 0.3 is 0 Å². The lowest BCUT2D eigenvalue weighted by atomic mass is 9.96. The van der Waals surface area contributed by atoms with Crippen LogP contribution in [0, 0.1) is 0 Å². The van der Waals surface area contributed by atoms with E-state index in [0.29, 0.717) is 0 Å². The number of fused-ring (bicyclic) bond motifs is 3. The predicted octanol–water partition coefficient (Wildman–Crippen LogP) is 18.3. The maximum Gasteiger partial charge on any atom is 0.0541 e. The molecule has 1 heterocycles. The van der Waals surface area contributed by atoms with Crippen molar-refractivity contribution in [1.29, 1.82) is 0 Å². The minimum absolute atomic E-state index is 1.11. The van der Waals surface area contributed by atoms with Crippen molar-refractivity contribution in [1.82, 2.24) is 4.57 Å². The molecule has 0 radical (unpaired) electrons. The molecule has 0 atom stereocenters. The second-order valence-corrected chi connectivity index (χ2v) is 16.5. The first-order valence-corrected chi connectivity index (χ1v) is 22.9. The van der Waals surface area contributed by atoms with E-state index in [1.54, 1.807) is 6.08 Å². The summed E-state index contributed by atoms with van der Waals surface area (Å²) in [5.74, 6) is 0. The minimum Gasteiger partial charge on any atom is -0.311 e. The molecule has 0 unspecified atom stereocenters. The molecule has 10 aromatic carbocycles. The van der Waals surface area contributed by atoms with Crippen LogP contribution < -0.4 is 4.90 Å². The summed E-state index contributed by atoms with van der Waals surface area (Å²) in [7, 11) is 0. The molecule has 11 aromatic rings. The number of hydrogen-bond donors (Lipinski definition) is 0. The van der Waals surface area contributed by atoms with Crippen LogP contribution in [0.1, 0.15) is 6.92 Å². The van der Waals surface area contributed by atoms with Gasteiger partial charge in [0.1, 0.15) is 0 Å². The zero-order valence-electron chi connectivity index (χ0n) is 37.6. The fourth-order valence-electron chi connectivity index (χ4n) is 8.97. The highest BCUT2D eigenvalue weighted by atomic mass is 15.1. The van der Waals surface area contributed by atoms with Crippen molar-refractivity contribution in [3.63, 3.8) is 0 Å². The number of anilines is 3. The molecule has 0 saturated heterocycles. The van der Waals surface area contributed by atoms with Crippen LogP contribution in [0.4, 0.5) is 17.1 Å². The van der Waals surface area contributed by atoms with E-state index in [4.69, 9.17) is 0 Å². The van der Waals surface area contributed by atoms with Gasteiger partial charge < -0.3 is 9.47 Å². The van der Waals surface area contributed by atoms with Gasteiger partial charge in [0, 0.05) is 33.5 Å². The van der Waals surface area contributed by atoms with Crippen molar-refractivity contribution in [2.24, 2.45) is 0 Å². The summed E-state index contributed by atoms with van der Waals surface area (Å²) in [6.45, 7) is 5.42. The average Bonchev–Trinajstić information content (AvgIpc) is 3.74. The smallest absolute Gasteiger partial charge is 0.0541 e. The van der Waals surface area contributed by atoms with E-state index in [1.165, 1.54) is 83.1 Å². The van der Waals surface area contributed by atoms with E-state index in [0.717, 1.165) is 17.1 Å². The number of rotatable bonds is 10. The summed E-state index contributed by atoms with van der Waals surface area (Å²) in [5.41, 5.74) is 19.0. The standard InChI is InChI=1S/C60H42N2.C5H8/c1-4-12-43(13-5-1)49-32-37-55(38-33-49)61(53-14-6-2-7-15-53)56-39-34-50(35-40-56)48-26-24-45(25-27-48)44-20-22-46(23-21-44)47-28-30-51(31-29-47)52-36-41-60-58(42-52)57-18-10-11-19-59(57)62(60)54-16-8-3-9-17-54;1-3-5-4-2/h1-42H;3-5H,1H2,2H3/b;5-4-. The zero-order chi connectivity index (χ0) is 45.4. The molecular formula is C65H50N2. The van der Waals surface area contributed by atoms with Gasteiger partial charge in [-0.25, -0.2) is 0 Å². The molecule has 0 saturated carbocycles. The van der Waals surface area contributed by atoms with Gasteiger partial charge in [-0.3, -0.25) is 0 Å². The Kier molecular flexibility index (Phi) is 12.3. The average molecular weight is 859 g/mol. The van der Waals surface area contributed by atoms with Gasteiger partial charge in [-0.15, -0.1) is 0 Å². The highest BCUT2D eigenvalue weighted by molar-refractivity contribution is 6.10. The van der Waals surface area contributed by atoms with E-state index >= 15 is 0 Å². The molecule has 11 rings (SSSR count). The molecule has 320 valence electrons. The topological polar surface area (TPSA) is 8.17 Å². The number of para-hydroxylation sites is 3. The SMILES string of the molecule is C=C/C=C\C.c1ccc(-c2ccc(N(c3ccccc3)c3ccc(-c4ccc(-c5ccc(-c6ccc(-c7ccc8c(c7)c7ccccc7n8-c7ccccc7)cc6)cc5)cc4)cc3)cc2)cc1. The van der Waals surface area contributed by atoms with Crippen LogP contribution in [-0.2, 0) is 0 Å². The van der Waals surface area contributed by atoms with E-state index in [-0.39, 0.29) is 0 Å². The van der Waals surface area contributed by atoms with Gasteiger partial charge in [-0.05, 0) is 129 Å². The Hall–Kier alpha value is -8.72. The summed E-state index contributed by atoms with van der Waals surface area (Å²) in [5, 5.41) is 2.53. The molecule has 67 heavy (non-hydrogen) atoms. The first kappa shape index (κ1) is 42.2.